The fraction of sp³-hybridized carbons (Fsp3) is 0.250. The van der Waals surface area contributed by atoms with Crippen LogP contribution in [0.25, 0.3) is 33.5 Å². The van der Waals surface area contributed by atoms with Crippen molar-refractivity contribution in [2.45, 2.75) is 24.7 Å². The van der Waals surface area contributed by atoms with Gasteiger partial charge in [-0.2, -0.15) is 4.98 Å². The maximum Gasteiger partial charge on any atom is 0.203 e. The van der Waals surface area contributed by atoms with Gasteiger partial charge in [-0.15, -0.1) is 0 Å². The van der Waals surface area contributed by atoms with Gasteiger partial charge >= 0.3 is 0 Å². The van der Waals surface area contributed by atoms with Gasteiger partial charge in [0.25, 0.3) is 0 Å². The second-order valence-corrected chi connectivity index (χ2v) is 8.32. The Morgan fingerprint density at radius 1 is 1.03 bits per heavy atom. The minimum absolute atomic E-state index is 0.131. The molecule has 0 radical (unpaired) electrons. The lowest BCUT2D eigenvalue weighted by Crippen LogP contribution is -2.45. The van der Waals surface area contributed by atoms with E-state index >= 15 is 0 Å². The maximum absolute atomic E-state index is 10.1. The van der Waals surface area contributed by atoms with Crippen LogP contribution in [-0.2, 0) is 4.74 Å². The molecule has 1 fully saturated rings. The van der Waals surface area contributed by atoms with E-state index in [1.165, 1.54) is 0 Å². The molecule has 8 heteroatoms. The number of ether oxygens (including phenoxy) is 1. The third kappa shape index (κ3) is 4.20. The van der Waals surface area contributed by atoms with Crippen molar-refractivity contribution in [1.29, 1.82) is 0 Å². The Morgan fingerprint density at radius 3 is 2.47 bits per heavy atom. The van der Waals surface area contributed by atoms with Crippen LogP contribution in [0.3, 0.4) is 0 Å². The zero-order valence-electron chi connectivity index (χ0n) is 17.2. The number of benzene rings is 2. The summed E-state index contributed by atoms with van der Waals surface area (Å²) in [6.45, 7) is 0.169. The van der Waals surface area contributed by atoms with E-state index in [0.29, 0.717) is 40.9 Å². The van der Waals surface area contributed by atoms with Crippen molar-refractivity contribution in [3.63, 3.8) is 0 Å². The summed E-state index contributed by atoms with van der Waals surface area (Å²) in [5.74, 6) is 0.531. The molecule has 0 saturated carbocycles. The van der Waals surface area contributed by atoms with Gasteiger partial charge in [0.1, 0.15) is 6.10 Å². The van der Waals surface area contributed by atoms with Crippen LogP contribution in [0.4, 0.5) is 5.95 Å². The molecule has 1 unspecified atom stereocenters. The molecule has 0 aliphatic carbocycles. The van der Waals surface area contributed by atoms with E-state index in [0.717, 1.165) is 16.7 Å². The number of nitrogens with one attached hydrogen (secondary N) is 2. The summed E-state index contributed by atoms with van der Waals surface area (Å²) in [7, 11) is 0. The number of hydrogen-bond acceptors (Lipinski definition) is 6. The lowest BCUT2D eigenvalue weighted by Gasteiger charge is -2.32. The number of pyridine rings is 1. The molecule has 4 aromatic rings. The second-order valence-electron chi connectivity index (χ2n) is 7.92. The summed E-state index contributed by atoms with van der Waals surface area (Å²) in [6, 6.07) is 20.0. The molecule has 4 N–H and O–H groups in total. The molecule has 2 aromatic heterocycles. The summed E-state index contributed by atoms with van der Waals surface area (Å²) < 4.78 is 5.50. The highest BCUT2D eigenvalue weighted by Crippen LogP contribution is 2.31. The lowest BCUT2D eigenvalue weighted by molar-refractivity contribution is -0.0984. The smallest absolute Gasteiger partial charge is 0.203 e. The van der Waals surface area contributed by atoms with Crippen molar-refractivity contribution in [3.05, 3.63) is 65.7 Å². The molecule has 0 amide bonds. The third-order valence-corrected chi connectivity index (χ3v) is 5.97. The van der Waals surface area contributed by atoms with Crippen LogP contribution >= 0.6 is 11.6 Å². The molecule has 5 rings (SSSR count). The summed E-state index contributed by atoms with van der Waals surface area (Å²) >= 11 is 6.54. The quantitative estimate of drug-likeness (QED) is 0.368. The average molecular weight is 451 g/mol. The number of aromatic nitrogens is 3. The molecule has 1 aliphatic heterocycles. The van der Waals surface area contributed by atoms with Crippen LogP contribution in [-0.4, -0.2) is 56.6 Å². The summed E-state index contributed by atoms with van der Waals surface area (Å²) in [4.78, 5) is 12.4. The number of aromatic amines is 1. The van der Waals surface area contributed by atoms with Gasteiger partial charge in [0.2, 0.25) is 5.95 Å². The Morgan fingerprint density at radius 2 is 1.75 bits per heavy atom. The maximum atomic E-state index is 10.1. The monoisotopic (exact) mass is 450 g/mol. The van der Waals surface area contributed by atoms with Crippen molar-refractivity contribution in [3.8, 4) is 22.4 Å². The van der Waals surface area contributed by atoms with E-state index in [4.69, 9.17) is 16.3 Å². The predicted octanol–water partition coefficient (Wildman–Crippen LogP) is 3.87. The summed E-state index contributed by atoms with van der Waals surface area (Å²) in [5.41, 5.74) is 5.11. The first-order valence-corrected chi connectivity index (χ1v) is 10.9. The van der Waals surface area contributed by atoms with Crippen LogP contribution in [0.15, 0.2) is 60.7 Å². The predicted molar refractivity (Wildman–Crippen MR) is 125 cm³/mol. The van der Waals surface area contributed by atoms with E-state index in [1.807, 2.05) is 36.4 Å². The fourth-order valence-corrected chi connectivity index (χ4v) is 4.23. The molecule has 2 aromatic carbocycles. The molecule has 1 saturated heterocycles. The summed E-state index contributed by atoms with van der Waals surface area (Å²) in [6.07, 6.45) is -0.816. The van der Waals surface area contributed by atoms with Crippen LogP contribution in [0.1, 0.15) is 6.42 Å². The highest BCUT2D eigenvalue weighted by molar-refractivity contribution is 6.33. The van der Waals surface area contributed by atoms with Gasteiger partial charge in [-0.1, -0.05) is 66.2 Å². The van der Waals surface area contributed by atoms with Crippen molar-refractivity contribution >= 4 is 28.7 Å². The first kappa shape index (κ1) is 20.9. The number of imidazole rings is 1. The van der Waals surface area contributed by atoms with E-state index < -0.39 is 12.2 Å². The second kappa shape index (κ2) is 8.88. The lowest BCUT2D eigenvalue weighted by atomic mass is 10.0. The minimum atomic E-state index is -0.728. The molecule has 1 aliphatic rings. The van der Waals surface area contributed by atoms with Gasteiger partial charge in [-0.05, 0) is 23.6 Å². The van der Waals surface area contributed by atoms with E-state index in [2.05, 4.69) is 44.5 Å². The molecule has 164 valence electrons. The minimum Gasteiger partial charge on any atom is -0.394 e. The number of hydrogen-bond donors (Lipinski definition) is 4. The number of anilines is 1. The summed E-state index contributed by atoms with van der Waals surface area (Å²) in [5, 5.41) is 23.0. The highest BCUT2D eigenvalue weighted by Gasteiger charge is 2.29. The van der Waals surface area contributed by atoms with E-state index in [9.17, 15) is 10.2 Å². The first-order valence-electron chi connectivity index (χ1n) is 10.5. The van der Waals surface area contributed by atoms with Crippen LogP contribution in [0.5, 0.6) is 0 Å². The topological polar surface area (TPSA) is 103 Å². The number of nitrogens with zero attached hydrogens (tertiary/aromatic N) is 2. The number of fused-ring (bicyclic) bond motifs is 1. The van der Waals surface area contributed by atoms with Crippen molar-refractivity contribution in [2.75, 3.05) is 18.5 Å². The Balaban J connectivity index is 1.37. The van der Waals surface area contributed by atoms with E-state index in [-0.39, 0.29) is 12.6 Å². The molecule has 32 heavy (non-hydrogen) atoms. The van der Waals surface area contributed by atoms with Crippen LogP contribution < -0.4 is 5.32 Å². The zero-order valence-corrected chi connectivity index (χ0v) is 18.0. The SMILES string of the molecule is OC[C@H]1OCC(Nc2nc3nc(-c4ccc(-c5ccccc5)cc4)c(Cl)cc3[nH]2)C[C@@H]1O. The number of halogens is 1. The van der Waals surface area contributed by atoms with Crippen molar-refractivity contribution < 1.29 is 14.9 Å². The number of aliphatic hydroxyl groups excluding tert-OH is 2. The van der Waals surface area contributed by atoms with Gasteiger partial charge in [0.15, 0.2) is 5.65 Å². The normalized spacial score (nSPS) is 21.0. The molecular weight excluding hydrogens is 428 g/mol. The average Bonchev–Trinajstić information content (AvgIpc) is 3.20. The Bertz CT molecular complexity index is 1210. The van der Waals surface area contributed by atoms with Crippen LogP contribution in [0.2, 0.25) is 5.02 Å². The molecule has 3 heterocycles. The van der Waals surface area contributed by atoms with Gasteiger partial charge in [-0.3, -0.25) is 0 Å². The van der Waals surface area contributed by atoms with Crippen LogP contribution in [0, 0.1) is 0 Å². The Kier molecular flexibility index (Phi) is 5.80. The van der Waals surface area contributed by atoms with Crippen molar-refractivity contribution in [1.82, 2.24) is 15.0 Å². The molecule has 3 atom stereocenters. The van der Waals surface area contributed by atoms with Gasteiger partial charge in [0, 0.05) is 5.56 Å². The number of rotatable bonds is 5. The standard InChI is InChI=1S/C24H23ClN4O3/c25-18-11-19-23(29-24(27-19)26-17-10-20(31)21(12-30)32-13-17)28-22(18)16-8-6-15(7-9-16)14-4-2-1-3-5-14/h1-9,11,17,20-21,30-31H,10,12-13H2,(H2,26,27,28,29)/t17?,20-,21+/m0/s1. The first-order chi connectivity index (χ1) is 15.6. The van der Waals surface area contributed by atoms with Gasteiger partial charge in [-0.25, -0.2) is 4.98 Å². The van der Waals surface area contributed by atoms with Crippen molar-refractivity contribution in [2.24, 2.45) is 0 Å². The fourth-order valence-electron chi connectivity index (χ4n) is 3.97. The molecule has 0 spiro atoms. The largest absolute Gasteiger partial charge is 0.394 e. The Labute approximate surface area is 190 Å². The third-order valence-electron chi connectivity index (χ3n) is 5.68. The molecule has 0 bridgehead atoms. The molecular formula is C24H23ClN4O3. The zero-order chi connectivity index (χ0) is 22.1. The number of aliphatic hydroxyl groups is 2. The van der Waals surface area contributed by atoms with Gasteiger partial charge < -0.3 is 25.3 Å². The van der Waals surface area contributed by atoms with E-state index in [1.54, 1.807) is 0 Å². The molecule has 7 nitrogen and oxygen atoms in total. The highest BCUT2D eigenvalue weighted by atomic mass is 35.5. The number of H-pyrrole nitrogens is 1. The Hall–Kier alpha value is -2.97. The van der Waals surface area contributed by atoms with Gasteiger partial charge in [0.05, 0.1) is 41.6 Å².